The topological polar surface area (TPSA) is 61.8 Å². The van der Waals surface area contributed by atoms with Crippen molar-refractivity contribution in [3.05, 3.63) is 12.2 Å². The van der Waals surface area contributed by atoms with Gasteiger partial charge in [0.15, 0.2) is 0 Å². The molecule has 0 spiro atoms. The van der Waals surface area contributed by atoms with Crippen molar-refractivity contribution in [1.29, 1.82) is 0 Å². The van der Waals surface area contributed by atoms with Crippen LogP contribution in [0, 0.1) is 0 Å². The Hall–Kier alpha value is -1.01. The summed E-state index contributed by atoms with van der Waals surface area (Å²) in [7, 11) is 0. The van der Waals surface area contributed by atoms with E-state index >= 15 is 0 Å². The van der Waals surface area contributed by atoms with Gasteiger partial charge in [0.1, 0.15) is 24.3 Å². The lowest BCUT2D eigenvalue weighted by Crippen LogP contribution is -2.40. The zero-order chi connectivity index (χ0) is 13.5. The smallest absolute Gasteiger partial charge is 0.303 e. The number of ether oxygens (including phenoxy) is 3. The summed E-state index contributed by atoms with van der Waals surface area (Å²) >= 11 is 1.62. The van der Waals surface area contributed by atoms with Gasteiger partial charge in [0, 0.05) is 13.8 Å². The van der Waals surface area contributed by atoms with E-state index in [9.17, 15) is 9.59 Å². The van der Waals surface area contributed by atoms with Gasteiger partial charge < -0.3 is 14.2 Å². The van der Waals surface area contributed by atoms with Crippen molar-refractivity contribution in [3.63, 3.8) is 0 Å². The standard InChI is InChI=1S/C12H18O5S/c1-4-18-12-6-5-10(16-9(3)14)11(17-12)7-15-8(2)13/h5-6,10-12H,4,7H2,1-3H3/t10-,11+,12+/m0/s1. The second-order valence-corrected chi connectivity index (χ2v) is 5.14. The van der Waals surface area contributed by atoms with Crippen LogP contribution in [0.25, 0.3) is 0 Å². The maximum atomic E-state index is 11.0. The van der Waals surface area contributed by atoms with Gasteiger partial charge in [-0.25, -0.2) is 0 Å². The molecule has 0 fully saturated rings. The molecular weight excluding hydrogens is 256 g/mol. The maximum Gasteiger partial charge on any atom is 0.303 e. The highest BCUT2D eigenvalue weighted by Crippen LogP contribution is 2.23. The predicted molar refractivity (Wildman–Crippen MR) is 68.1 cm³/mol. The van der Waals surface area contributed by atoms with Crippen molar-refractivity contribution >= 4 is 23.7 Å². The number of carbonyl (C=O) groups excluding carboxylic acids is 2. The van der Waals surface area contributed by atoms with Crippen LogP contribution in [0.4, 0.5) is 0 Å². The number of thioether (sulfide) groups is 1. The summed E-state index contributed by atoms with van der Waals surface area (Å²) in [6.07, 6.45) is 2.68. The van der Waals surface area contributed by atoms with Crippen LogP contribution in [-0.4, -0.2) is 41.9 Å². The molecule has 0 aromatic rings. The van der Waals surface area contributed by atoms with Crippen molar-refractivity contribution in [3.8, 4) is 0 Å². The SMILES string of the molecule is CCS[C@@H]1C=C[C@H](OC(C)=O)[C@@H](COC(C)=O)O1. The van der Waals surface area contributed by atoms with Gasteiger partial charge in [0.25, 0.3) is 0 Å². The van der Waals surface area contributed by atoms with Gasteiger partial charge in [-0.15, -0.1) is 11.8 Å². The third-order valence-electron chi connectivity index (χ3n) is 2.22. The highest BCUT2D eigenvalue weighted by atomic mass is 32.2. The maximum absolute atomic E-state index is 11.0. The van der Waals surface area contributed by atoms with E-state index < -0.39 is 12.2 Å². The van der Waals surface area contributed by atoms with E-state index in [1.54, 1.807) is 17.8 Å². The average molecular weight is 274 g/mol. The Bertz CT molecular complexity index is 328. The summed E-state index contributed by atoms with van der Waals surface area (Å²) in [6.45, 7) is 4.78. The molecule has 5 nitrogen and oxygen atoms in total. The lowest BCUT2D eigenvalue weighted by atomic mass is 10.1. The van der Waals surface area contributed by atoms with Crippen LogP contribution in [0.15, 0.2) is 12.2 Å². The first-order chi connectivity index (χ1) is 8.52. The fourth-order valence-corrected chi connectivity index (χ4v) is 2.27. The summed E-state index contributed by atoms with van der Waals surface area (Å²) in [6, 6.07) is 0. The highest BCUT2D eigenvalue weighted by Gasteiger charge is 2.30. The first kappa shape index (κ1) is 15.0. The molecule has 1 aliphatic heterocycles. The minimum absolute atomic E-state index is 0.0817. The largest absolute Gasteiger partial charge is 0.463 e. The summed E-state index contributed by atoms with van der Waals surface area (Å²) in [5, 5.41) is 0. The molecule has 1 heterocycles. The second-order valence-electron chi connectivity index (χ2n) is 3.76. The van der Waals surface area contributed by atoms with Gasteiger partial charge in [-0.2, -0.15) is 0 Å². The first-order valence-electron chi connectivity index (χ1n) is 5.79. The van der Waals surface area contributed by atoms with Gasteiger partial charge >= 0.3 is 11.9 Å². The fourth-order valence-electron chi connectivity index (χ4n) is 1.52. The average Bonchev–Trinajstić information content (AvgIpc) is 2.28. The van der Waals surface area contributed by atoms with Crippen LogP contribution < -0.4 is 0 Å². The second kappa shape index (κ2) is 7.43. The molecule has 0 radical (unpaired) electrons. The van der Waals surface area contributed by atoms with Crippen LogP contribution in [0.5, 0.6) is 0 Å². The van der Waals surface area contributed by atoms with E-state index in [0.29, 0.717) is 0 Å². The van der Waals surface area contributed by atoms with E-state index in [1.165, 1.54) is 13.8 Å². The minimum atomic E-state index is -0.504. The fraction of sp³-hybridized carbons (Fsp3) is 0.667. The van der Waals surface area contributed by atoms with Gasteiger partial charge in [-0.1, -0.05) is 6.92 Å². The van der Waals surface area contributed by atoms with Crippen LogP contribution in [0.1, 0.15) is 20.8 Å². The van der Waals surface area contributed by atoms with Crippen molar-refractivity contribution < 1.29 is 23.8 Å². The van der Waals surface area contributed by atoms with E-state index in [4.69, 9.17) is 14.2 Å². The molecule has 0 saturated heterocycles. The Balaban J connectivity index is 2.62. The van der Waals surface area contributed by atoms with E-state index in [-0.39, 0.29) is 24.0 Å². The molecule has 0 unspecified atom stereocenters. The summed E-state index contributed by atoms with van der Waals surface area (Å²) in [5.74, 6) is 0.144. The van der Waals surface area contributed by atoms with Crippen LogP contribution in [0.3, 0.4) is 0 Å². The van der Waals surface area contributed by atoms with Gasteiger partial charge in [-0.05, 0) is 17.9 Å². The number of hydrogen-bond donors (Lipinski definition) is 0. The molecule has 0 N–H and O–H groups in total. The Kier molecular flexibility index (Phi) is 6.21. The van der Waals surface area contributed by atoms with E-state index in [0.717, 1.165) is 5.75 Å². The molecule has 0 saturated carbocycles. The molecule has 0 amide bonds. The first-order valence-corrected chi connectivity index (χ1v) is 6.83. The zero-order valence-corrected chi connectivity index (χ0v) is 11.6. The molecule has 18 heavy (non-hydrogen) atoms. The molecule has 3 atom stereocenters. The molecule has 0 bridgehead atoms. The van der Waals surface area contributed by atoms with Gasteiger partial charge in [-0.3, -0.25) is 9.59 Å². The van der Waals surface area contributed by atoms with Crippen molar-refractivity contribution in [2.75, 3.05) is 12.4 Å². The Labute approximate surface area is 111 Å². The molecule has 6 heteroatoms. The van der Waals surface area contributed by atoms with E-state index in [1.807, 2.05) is 13.0 Å². The summed E-state index contributed by atoms with van der Waals surface area (Å²) in [4.78, 5) is 21.8. The molecule has 102 valence electrons. The Morgan fingerprint density at radius 1 is 1.28 bits per heavy atom. The molecular formula is C12H18O5S. The third-order valence-corrected chi connectivity index (χ3v) is 3.15. The van der Waals surface area contributed by atoms with Crippen molar-refractivity contribution in [2.24, 2.45) is 0 Å². The monoisotopic (exact) mass is 274 g/mol. The Morgan fingerprint density at radius 2 is 2.00 bits per heavy atom. The van der Waals surface area contributed by atoms with Gasteiger partial charge in [0.05, 0.1) is 0 Å². The Morgan fingerprint density at radius 3 is 2.56 bits per heavy atom. The third kappa shape index (κ3) is 5.10. The van der Waals surface area contributed by atoms with Crippen LogP contribution >= 0.6 is 11.8 Å². The number of carbonyl (C=O) groups is 2. The molecule has 0 aromatic carbocycles. The summed E-state index contributed by atoms with van der Waals surface area (Å²) < 4.78 is 15.7. The van der Waals surface area contributed by atoms with E-state index in [2.05, 4.69) is 0 Å². The predicted octanol–water partition coefficient (Wildman–Crippen LogP) is 1.52. The molecule has 1 aliphatic rings. The summed E-state index contributed by atoms with van der Waals surface area (Å²) in [5.41, 5.74) is -0.0950. The number of esters is 2. The van der Waals surface area contributed by atoms with Gasteiger partial charge in [0.2, 0.25) is 0 Å². The quantitative estimate of drug-likeness (QED) is 0.559. The molecule has 0 aliphatic carbocycles. The highest BCUT2D eigenvalue weighted by molar-refractivity contribution is 7.99. The number of hydrogen-bond acceptors (Lipinski definition) is 6. The van der Waals surface area contributed by atoms with Crippen LogP contribution in [-0.2, 0) is 23.8 Å². The normalized spacial score (nSPS) is 26.7. The lowest BCUT2D eigenvalue weighted by molar-refractivity contribution is -0.160. The molecule has 1 rings (SSSR count). The van der Waals surface area contributed by atoms with Crippen LogP contribution in [0.2, 0.25) is 0 Å². The molecule has 0 aromatic heterocycles. The minimum Gasteiger partial charge on any atom is -0.463 e. The zero-order valence-electron chi connectivity index (χ0n) is 10.8. The van der Waals surface area contributed by atoms with Crippen molar-refractivity contribution in [1.82, 2.24) is 0 Å². The lowest BCUT2D eigenvalue weighted by Gasteiger charge is -2.31. The van der Waals surface area contributed by atoms with Crippen molar-refractivity contribution in [2.45, 2.75) is 38.4 Å². The number of rotatable bonds is 5.